The van der Waals surface area contributed by atoms with Gasteiger partial charge in [-0.3, -0.25) is 4.79 Å². The fraction of sp³-hybridized carbons (Fsp3) is 0.231. The predicted octanol–water partition coefficient (Wildman–Crippen LogP) is 1.96. The van der Waals surface area contributed by atoms with Gasteiger partial charge in [-0.15, -0.1) is 0 Å². The van der Waals surface area contributed by atoms with Crippen LogP contribution in [0.4, 0.5) is 0 Å². The van der Waals surface area contributed by atoms with Gasteiger partial charge >= 0.3 is 5.97 Å². The van der Waals surface area contributed by atoms with Crippen LogP contribution in [-0.4, -0.2) is 34.2 Å². The van der Waals surface area contributed by atoms with Crippen LogP contribution in [0.15, 0.2) is 24.3 Å². The summed E-state index contributed by atoms with van der Waals surface area (Å²) in [4.78, 5) is 22.4. The van der Waals surface area contributed by atoms with E-state index in [1.807, 2.05) is 0 Å². The van der Waals surface area contributed by atoms with Crippen molar-refractivity contribution < 1.29 is 19.8 Å². The predicted molar refractivity (Wildman–Crippen MR) is 76.7 cm³/mol. The second-order valence-electron chi connectivity index (χ2n) is 4.04. The lowest BCUT2D eigenvalue weighted by atomic mass is 10.1. The Morgan fingerprint density at radius 2 is 2.00 bits per heavy atom. The fourth-order valence-corrected chi connectivity index (χ4v) is 1.78. The lowest BCUT2D eigenvalue weighted by molar-refractivity contribution is -0.144. The number of nitrogens with one attached hydrogen (secondary N) is 1. The summed E-state index contributed by atoms with van der Waals surface area (Å²) in [6.45, 7) is 1.27. The third-order valence-electron chi connectivity index (χ3n) is 2.44. The topological polar surface area (TPSA) is 86.6 Å². The zero-order valence-corrected chi connectivity index (χ0v) is 12.0. The third-order valence-corrected chi connectivity index (χ3v) is 3.28. The highest BCUT2D eigenvalue weighted by Crippen LogP contribution is 2.26. The number of hydrogen-bond acceptors (Lipinski definition) is 3. The minimum absolute atomic E-state index is 0.295. The van der Waals surface area contributed by atoms with E-state index in [4.69, 9.17) is 28.3 Å². The Kier molecular flexibility index (Phi) is 6.01. The van der Waals surface area contributed by atoms with Crippen molar-refractivity contribution in [3.63, 3.8) is 0 Å². The second-order valence-corrected chi connectivity index (χ2v) is 4.83. The molecular weight excluding hydrogens is 305 g/mol. The van der Waals surface area contributed by atoms with Crippen LogP contribution in [0.2, 0.25) is 10.0 Å². The molecular formula is C13H13Cl2NO4. The highest BCUT2D eigenvalue weighted by Gasteiger charge is 2.23. The lowest BCUT2D eigenvalue weighted by Gasteiger charge is -2.15. The molecule has 2 unspecified atom stereocenters. The molecule has 0 heterocycles. The van der Waals surface area contributed by atoms with Crippen LogP contribution >= 0.6 is 23.2 Å². The molecule has 0 fully saturated rings. The van der Waals surface area contributed by atoms with Gasteiger partial charge in [0.25, 0.3) is 0 Å². The van der Waals surface area contributed by atoms with Crippen LogP contribution in [0.25, 0.3) is 6.08 Å². The average molecular weight is 318 g/mol. The molecule has 108 valence electrons. The van der Waals surface area contributed by atoms with Crippen molar-refractivity contribution in [1.29, 1.82) is 0 Å². The number of carboxylic acid groups (broad SMARTS) is 1. The van der Waals surface area contributed by atoms with E-state index < -0.39 is 24.0 Å². The summed E-state index contributed by atoms with van der Waals surface area (Å²) in [5.41, 5.74) is 0.526. The summed E-state index contributed by atoms with van der Waals surface area (Å²) in [5, 5.41) is 20.9. The first-order valence-electron chi connectivity index (χ1n) is 5.66. The molecule has 0 saturated carbocycles. The molecule has 0 saturated heterocycles. The Bertz CT molecular complexity index is 543. The average Bonchev–Trinajstić information content (AvgIpc) is 2.37. The van der Waals surface area contributed by atoms with Crippen molar-refractivity contribution >= 4 is 41.2 Å². The van der Waals surface area contributed by atoms with Gasteiger partial charge in [0.15, 0.2) is 6.04 Å². The molecule has 3 N–H and O–H groups in total. The van der Waals surface area contributed by atoms with Crippen LogP contribution in [0.3, 0.4) is 0 Å². The first-order valence-corrected chi connectivity index (χ1v) is 6.42. The van der Waals surface area contributed by atoms with Crippen LogP contribution in [0.1, 0.15) is 12.5 Å². The SMILES string of the molecule is CC(O)C(NC(=O)/C=C/c1cccc(Cl)c1Cl)C(=O)O. The zero-order chi connectivity index (χ0) is 15.3. The van der Waals surface area contributed by atoms with E-state index in [9.17, 15) is 14.7 Å². The summed E-state index contributed by atoms with van der Waals surface area (Å²) >= 11 is 11.8. The van der Waals surface area contributed by atoms with Gasteiger partial charge in [-0.1, -0.05) is 35.3 Å². The van der Waals surface area contributed by atoms with E-state index in [1.165, 1.54) is 13.0 Å². The number of halogens is 2. The minimum atomic E-state index is -1.37. The number of amides is 1. The summed E-state index contributed by atoms with van der Waals surface area (Å²) in [5.74, 6) is -1.98. The molecule has 2 atom stereocenters. The number of benzene rings is 1. The molecule has 0 aliphatic heterocycles. The monoisotopic (exact) mass is 317 g/mol. The molecule has 20 heavy (non-hydrogen) atoms. The van der Waals surface area contributed by atoms with Crippen molar-refractivity contribution in [3.8, 4) is 0 Å². The Hall–Kier alpha value is -1.56. The maximum atomic E-state index is 11.6. The van der Waals surface area contributed by atoms with Gasteiger partial charge in [-0.2, -0.15) is 0 Å². The Morgan fingerprint density at radius 1 is 1.35 bits per heavy atom. The van der Waals surface area contributed by atoms with Gasteiger partial charge in [0.2, 0.25) is 5.91 Å². The molecule has 0 aromatic heterocycles. The van der Waals surface area contributed by atoms with Crippen molar-refractivity contribution in [2.75, 3.05) is 0 Å². The zero-order valence-electron chi connectivity index (χ0n) is 10.5. The van der Waals surface area contributed by atoms with Gasteiger partial charge in [0, 0.05) is 6.08 Å². The van der Waals surface area contributed by atoms with Crippen molar-refractivity contribution in [3.05, 3.63) is 39.9 Å². The normalized spacial score (nSPS) is 14.0. The van der Waals surface area contributed by atoms with Crippen molar-refractivity contribution in [1.82, 2.24) is 5.32 Å². The molecule has 1 aromatic carbocycles. The smallest absolute Gasteiger partial charge is 0.328 e. The fourth-order valence-electron chi connectivity index (χ4n) is 1.40. The van der Waals surface area contributed by atoms with Gasteiger partial charge < -0.3 is 15.5 Å². The molecule has 1 aromatic rings. The van der Waals surface area contributed by atoms with Gasteiger partial charge in [-0.25, -0.2) is 4.79 Å². The molecule has 0 spiro atoms. The Labute approximate surface area is 125 Å². The van der Waals surface area contributed by atoms with Crippen LogP contribution in [0, 0.1) is 0 Å². The van der Waals surface area contributed by atoms with Crippen LogP contribution in [-0.2, 0) is 9.59 Å². The molecule has 0 bridgehead atoms. The first-order chi connectivity index (χ1) is 9.32. The highest BCUT2D eigenvalue weighted by molar-refractivity contribution is 6.42. The van der Waals surface area contributed by atoms with E-state index in [1.54, 1.807) is 18.2 Å². The number of hydrogen-bond donors (Lipinski definition) is 3. The Balaban J connectivity index is 2.77. The van der Waals surface area contributed by atoms with Gasteiger partial charge in [-0.05, 0) is 24.6 Å². The molecule has 5 nitrogen and oxygen atoms in total. The van der Waals surface area contributed by atoms with Crippen LogP contribution in [0.5, 0.6) is 0 Å². The van der Waals surface area contributed by atoms with E-state index in [-0.39, 0.29) is 0 Å². The van der Waals surface area contributed by atoms with E-state index in [0.717, 1.165) is 6.08 Å². The van der Waals surface area contributed by atoms with Crippen molar-refractivity contribution in [2.24, 2.45) is 0 Å². The standard InChI is InChI=1S/C13H13Cl2NO4/c1-7(17)12(13(19)20)16-10(18)6-5-8-3-2-4-9(14)11(8)15/h2-7,12,17H,1H3,(H,16,18)(H,19,20)/b6-5+. The highest BCUT2D eigenvalue weighted by atomic mass is 35.5. The maximum absolute atomic E-state index is 11.6. The van der Waals surface area contributed by atoms with E-state index in [0.29, 0.717) is 15.6 Å². The first kappa shape index (κ1) is 16.5. The quantitative estimate of drug-likeness (QED) is 0.724. The summed E-state index contributed by atoms with van der Waals surface area (Å²) in [7, 11) is 0. The minimum Gasteiger partial charge on any atom is -0.480 e. The maximum Gasteiger partial charge on any atom is 0.328 e. The van der Waals surface area contributed by atoms with Crippen LogP contribution < -0.4 is 5.32 Å². The second kappa shape index (κ2) is 7.28. The van der Waals surface area contributed by atoms with Gasteiger partial charge in [0.05, 0.1) is 16.1 Å². The number of aliphatic hydroxyl groups excluding tert-OH is 1. The van der Waals surface area contributed by atoms with E-state index >= 15 is 0 Å². The number of rotatable bonds is 5. The molecule has 0 aliphatic rings. The summed E-state index contributed by atoms with van der Waals surface area (Å²) < 4.78 is 0. The number of aliphatic carboxylic acids is 1. The van der Waals surface area contributed by atoms with Gasteiger partial charge in [0.1, 0.15) is 0 Å². The molecule has 1 amide bonds. The number of carbonyl (C=O) groups excluding carboxylic acids is 1. The summed E-state index contributed by atoms with van der Waals surface area (Å²) in [6.07, 6.45) is 1.32. The largest absolute Gasteiger partial charge is 0.480 e. The van der Waals surface area contributed by atoms with E-state index in [2.05, 4.69) is 5.32 Å². The molecule has 0 radical (unpaired) electrons. The molecule has 7 heteroatoms. The lowest BCUT2D eigenvalue weighted by Crippen LogP contribution is -2.47. The number of aliphatic hydroxyl groups is 1. The number of carbonyl (C=O) groups is 2. The molecule has 1 rings (SSSR count). The Morgan fingerprint density at radius 3 is 2.55 bits per heavy atom. The number of carboxylic acids is 1. The molecule has 0 aliphatic carbocycles. The third kappa shape index (κ3) is 4.52. The summed E-state index contributed by atoms with van der Waals surface area (Å²) in [6, 6.07) is 3.56. The van der Waals surface area contributed by atoms with Crippen molar-refractivity contribution in [2.45, 2.75) is 19.1 Å².